The lowest BCUT2D eigenvalue weighted by molar-refractivity contribution is 0.578. The van der Waals surface area contributed by atoms with Crippen molar-refractivity contribution in [2.75, 3.05) is 5.32 Å². The second kappa shape index (κ2) is 5.30. The van der Waals surface area contributed by atoms with Crippen LogP contribution >= 0.6 is 0 Å². The molecule has 0 saturated carbocycles. The third kappa shape index (κ3) is 2.59. The molecule has 0 aliphatic rings. The van der Waals surface area contributed by atoms with Gasteiger partial charge in [0.25, 0.3) is 0 Å². The molecule has 0 fully saturated rings. The van der Waals surface area contributed by atoms with Gasteiger partial charge in [-0.2, -0.15) is 5.10 Å². The third-order valence-corrected chi connectivity index (χ3v) is 2.38. The maximum Gasteiger partial charge on any atom is 0.0575 e. The van der Waals surface area contributed by atoms with Gasteiger partial charge in [-0.15, -0.1) is 0 Å². The molecular formula is C12H16N4. The summed E-state index contributed by atoms with van der Waals surface area (Å²) in [4.78, 5) is 4.06. The van der Waals surface area contributed by atoms with Crippen molar-refractivity contribution in [3.63, 3.8) is 0 Å². The average Bonchev–Trinajstić information content (AvgIpc) is 2.76. The first-order chi connectivity index (χ1) is 7.90. The summed E-state index contributed by atoms with van der Waals surface area (Å²) < 4.78 is 2.03. The molecule has 2 rings (SSSR count). The standard InChI is InChI=1S/C12H16N4/c1-2-8-16-12(5-7-15-16)10-14-11-4-3-6-13-9-11/h3-7,9,14H,2,8,10H2,1H3. The zero-order chi connectivity index (χ0) is 11.2. The van der Waals surface area contributed by atoms with Crippen LogP contribution in [-0.2, 0) is 13.1 Å². The normalized spacial score (nSPS) is 10.3. The number of nitrogens with zero attached hydrogens (tertiary/aromatic N) is 3. The fraction of sp³-hybridized carbons (Fsp3) is 0.333. The van der Waals surface area contributed by atoms with E-state index in [2.05, 4.69) is 22.3 Å². The molecule has 2 aromatic rings. The van der Waals surface area contributed by atoms with E-state index in [-0.39, 0.29) is 0 Å². The lowest BCUT2D eigenvalue weighted by Crippen LogP contribution is -2.08. The molecule has 0 bridgehead atoms. The number of anilines is 1. The summed E-state index contributed by atoms with van der Waals surface area (Å²) in [5, 5.41) is 7.60. The van der Waals surface area contributed by atoms with E-state index in [4.69, 9.17) is 0 Å². The molecule has 84 valence electrons. The Kier molecular flexibility index (Phi) is 3.53. The van der Waals surface area contributed by atoms with E-state index in [0.717, 1.165) is 25.2 Å². The average molecular weight is 216 g/mol. The van der Waals surface area contributed by atoms with Crippen LogP contribution in [-0.4, -0.2) is 14.8 Å². The molecule has 2 heterocycles. The van der Waals surface area contributed by atoms with Crippen LogP contribution in [0.25, 0.3) is 0 Å². The predicted molar refractivity (Wildman–Crippen MR) is 64.1 cm³/mol. The molecule has 1 N–H and O–H groups in total. The Morgan fingerprint density at radius 3 is 3.00 bits per heavy atom. The van der Waals surface area contributed by atoms with Crippen LogP contribution in [0.4, 0.5) is 5.69 Å². The Labute approximate surface area is 95.3 Å². The smallest absolute Gasteiger partial charge is 0.0575 e. The fourth-order valence-electron chi connectivity index (χ4n) is 1.58. The molecule has 0 spiro atoms. The van der Waals surface area contributed by atoms with Crippen LogP contribution in [0.5, 0.6) is 0 Å². The van der Waals surface area contributed by atoms with Gasteiger partial charge >= 0.3 is 0 Å². The summed E-state index contributed by atoms with van der Waals surface area (Å²) in [5.74, 6) is 0. The summed E-state index contributed by atoms with van der Waals surface area (Å²) in [7, 11) is 0. The Morgan fingerprint density at radius 2 is 2.25 bits per heavy atom. The van der Waals surface area contributed by atoms with Crippen LogP contribution in [0.3, 0.4) is 0 Å². The van der Waals surface area contributed by atoms with Crippen LogP contribution in [0.1, 0.15) is 19.0 Å². The first kappa shape index (κ1) is 10.7. The highest BCUT2D eigenvalue weighted by Gasteiger charge is 2.00. The first-order valence-electron chi connectivity index (χ1n) is 5.54. The SMILES string of the molecule is CCCn1nccc1CNc1cccnc1. The van der Waals surface area contributed by atoms with E-state index >= 15 is 0 Å². The Bertz CT molecular complexity index is 422. The summed E-state index contributed by atoms with van der Waals surface area (Å²) in [6.45, 7) is 3.91. The summed E-state index contributed by atoms with van der Waals surface area (Å²) in [6, 6.07) is 5.97. The molecule has 2 aromatic heterocycles. The fourth-order valence-corrected chi connectivity index (χ4v) is 1.58. The highest BCUT2D eigenvalue weighted by atomic mass is 15.3. The summed E-state index contributed by atoms with van der Waals surface area (Å²) in [5.41, 5.74) is 2.23. The number of nitrogens with one attached hydrogen (secondary N) is 1. The zero-order valence-electron chi connectivity index (χ0n) is 9.43. The van der Waals surface area contributed by atoms with Crippen molar-refractivity contribution < 1.29 is 0 Å². The van der Waals surface area contributed by atoms with E-state index < -0.39 is 0 Å². The largest absolute Gasteiger partial charge is 0.378 e. The number of hydrogen-bond acceptors (Lipinski definition) is 3. The van der Waals surface area contributed by atoms with E-state index in [1.807, 2.05) is 35.3 Å². The number of aromatic nitrogens is 3. The van der Waals surface area contributed by atoms with E-state index in [1.54, 1.807) is 6.20 Å². The number of hydrogen-bond donors (Lipinski definition) is 1. The van der Waals surface area contributed by atoms with Gasteiger partial charge in [0.1, 0.15) is 0 Å². The van der Waals surface area contributed by atoms with Crippen molar-refractivity contribution in [2.24, 2.45) is 0 Å². The monoisotopic (exact) mass is 216 g/mol. The lowest BCUT2D eigenvalue weighted by Gasteiger charge is -2.08. The van der Waals surface area contributed by atoms with Crippen molar-refractivity contribution in [3.8, 4) is 0 Å². The van der Waals surface area contributed by atoms with E-state index in [0.29, 0.717) is 0 Å². The number of aryl methyl sites for hydroxylation is 1. The quantitative estimate of drug-likeness (QED) is 0.834. The maximum absolute atomic E-state index is 4.28. The Morgan fingerprint density at radius 1 is 1.31 bits per heavy atom. The highest BCUT2D eigenvalue weighted by Crippen LogP contribution is 2.07. The van der Waals surface area contributed by atoms with Crippen molar-refractivity contribution in [1.29, 1.82) is 0 Å². The molecule has 0 aliphatic carbocycles. The molecule has 0 aliphatic heterocycles. The molecule has 0 unspecified atom stereocenters. The van der Waals surface area contributed by atoms with Crippen LogP contribution < -0.4 is 5.32 Å². The van der Waals surface area contributed by atoms with Gasteiger partial charge in [-0.25, -0.2) is 0 Å². The van der Waals surface area contributed by atoms with Gasteiger partial charge in [-0.3, -0.25) is 9.67 Å². The van der Waals surface area contributed by atoms with Gasteiger partial charge < -0.3 is 5.32 Å². The molecule has 0 radical (unpaired) electrons. The third-order valence-electron chi connectivity index (χ3n) is 2.38. The molecule has 0 saturated heterocycles. The molecule has 4 heteroatoms. The first-order valence-corrected chi connectivity index (χ1v) is 5.54. The maximum atomic E-state index is 4.28. The van der Waals surface area contributed by atoms with E-state index in [1.165, 1.54) is 5.69 Å². The molecule has 0 atom stereocenters. The van der Waals surface area contributed by atoms with Crippen LogP contribution in [0.2, 0.25) is 0 Å². The lowest BCUT2D eigenvalue weighted by atomic mass is 10.3. The van der Waals surface area contributed by atoms with Gasteiger partial charge in [0, 0.05) is 25.1 Å². The van der Waals surface area contributed by atoms with Crippen molar-refractivity contribution in [2.45, 2.75) is 26.4 Å². The van der Waals surface area contributed by atoms with Gasteiger partial charge in [0.15, 0.2) is 0 Å². The second-order valence-corrected chi connectivity index (χ2v) is 3.64. The zero-order valence-corrected chi connectivity index (χ0v) is 9.43. The molecule has 0 amide bonds. The topological polar surface area (TPSA) is 42.7 Å². The summed E-state index contributed by atoms with van der Waals surface area (Å²) >= 11 is 0. The minimum atomic E-state index is 0.783. The molecule has 16 heavy (non-hydrogen) atoms. The second-order valence-electron chi connectivity index (χ2n) is 3.64. The van der Waals surface area contributed by atoms with Crippen LogP contribution in [0.15, 0.2) is 36.8 Å². The van der Waals surface area contributed by atoms with Gasteiger partial charge in [0.05, 0.1) is 17.9 Å². The molecular weight excluding hydrogens is 200 g/mol. The van der Waals surface area contributed by atoms with Gasteiger partial charge in [-0.1, -0.05) is 6.92 Å². The number of rotatable bonds is 5. The highest BCUT2D eigenvalue weighted by molar-refractivity contribution is 5.39. The summed E-state index contributed by atoms with van der Waals surface area (Å²) in [6.07, 6.45) is 6.53. The van der Waals surface area contributed by atoms with Crippen molar-refractivity contribution in [3.05, 3.63) is 42.5 Å². The van der Waals surface area contributed by atoms with Crippen molar-refractivity contribution >= 4 is 5.69 Å². The minimum absolute atomic E-state index is 0.783. The minimum Gasteiger partial charge on any atom is -0.378 e. The molecule has 0 aromatic carbocycles. The van der Waals surface area contributed by atoms with Crippen molar-refractivity contribution in [1.82, 2.24) is 14.8 Å². The molecule has 4 nitrogen and oxygen atoms in total. The van der Waals surface area contributed by atoms with E-state index in [9.17, 15) is 0 Å². The number of pyridine rings is 1. The Hall–Kier alpha value is -1.84. The Balaban J connectivity index is 1.97. The van der Waals surface area contributed by atoms with Gasteiger partial charge in [0.2, 0.25) is 0 Å². The van der Waals surface area contributed by atoms with Gasteiger partial charge in [-0.05, 0) is 24.6 Å². The predicted octanol–water partition coefficient (Wildman–Crippen LogP) is 2.30. The van der Waals surface area contributed by atoms with Crippen LogP contribution in [0, 0.1) is 0 Å².